The number of halogens is 3. The number of rotatable bonds is 3. The van der Waals surface area contributed by atoms with Gasteiger partial charge in [-0.15, -0.1) is 11.3 Å². The molecule has 0 aliphatic heterocycles. The highest BCUT2D eigenvalue weighted by Gasteiger charge is 2.05. The molecule has 1 N–H and O–H groups in total. The van der Waals surface area contributed by atoms with Crippen LogP contribution in [0.2, 0.25) is 4.34 Å². The fourth-order valence-electron chi connectivity index (χ4n) is 1.38. The molecule has 1 aromatic carbocycles. The van der Waals surface area contributed by atoms with Crippen LogP contribution in [0.25, 0.3) is 0 Å². The summed E-state index contributed by atoms with van der Waals surface area (Å²) >= 11 is 14.3. The van der Waals surface area contributed by atoms with E-state index in [4.69, 9.17) is 16.9 Å². The molecular weight excluding hydrogens is 399 g/mol. The van der Waals surface area contributed by atoms with Gasteiger partial charge in [-0.05, 0) is 56.1 Å². The number of anilines is 1. The van der Waals surface area contributed by atoms with Gasteiger partial charge in [0.2, 0.25) is 0 Å². The lowest BCUT2D eigenvalue weighted by atomic mass is 10.2. The minimum atomic E-state index is 0.627. The Labute approximate surface area is 131 Å². The molecular formula is C12H7Br2ClN2S. The Hall–Kier alpha value is -0.540. The molecule has 0 amide bonds. The van der Waals surface area contributed by atoms with E-state index < -0.39 is 0 Å². The van der Waals surface area contributed by atoms with E-state index in [1.807, 2.05) is 18.2 Å². The summed E-state index contributed by atoms with van der Waals surface area (Å²) in [6, 6.07) is 9.67. The Morgan fingerprint density at radius 3 is 2.61 bits per heavy atom. The predicted octanol–water partition coefficient (Wildman–Crippen LogP) is 5.41. The summed E-state index contributed by atoms with van der Waals surface area (Å²) in [5, 5.41) is 12.1. The second-order valence-corrected chi connectivity index (χ2v) is 6.94. The van der Waals surface area contributed by atoms with Gasteiger partial charge in [0.1, 0.15) is 10.4 Å². The third kappa shape index (κ3) is 3.27. The van der Waals surface area contributed by atoms with Crippen LogP contribution in [0.15, 0.2) is 33.2 Å². The average molecular weight is 407 g/mol. The van der Waals surface area contributed by atoms with E-state index in [2.05, 4.69) is 43.2 Å². The van der Waals surface area contributed by atoms with Crippen LogP contribution < -0.4 is 5.32 Å². The summed E-state index contributed by atoms with van der Waals surface area (Å²) in [5.41, 5.74) is 1.59. The quantitative estimate of drug-likeness (QED) is 0.740. The largest absolute Gasteiger partial charge is 0.380 e. The van der Waals surface area contributed by atoms with E-state index in [0.29, 0.717) is 12.1 Å². The summed E-state index contributed by atoms with van der Waals surface area (Å²) < 4.78 is 2.47. The standard InChI is InChI=1S/C12H7Br2ClN2S/c13-10-3-8(2-1-7(10)5-16)17-6-9-4-11(14)12(15)18-9/h1-4,17H,6H2. The van der Waals surface area contributed by atoms with Gasteiger partial charge < -0.3 is 5.32 Å². The van der Waals surface area contributed by atoms with Crippen molar-refractivity contribution in [3.05, 3.63) is 48.0 Å². The molecule has 0 saturated carbocycles. The number of nitriles is 1. The van der Waals surface area contributed by atoms with E-state index in [1.165, 1.54) is 11.3 Å². The van der Waals surface area contributed by atoms with E-state index in [9.17, 15) is 0 Å². The maximum Gasteiger partial charge on any atom is 0.107 e. The number of nitrogens with one attached hydrogen (secondary N) is 1. The molecule has 6 heteroatoms. The van der Waals surface area contributed by atoms with Crippen LogP contribution in [0.1, 0.15) is 10.4 Å². The van der Waals surface area contributed by atoms with E-state index >= 15 is 0 Å². The zero-order chi connectivity index (χ0) is 13.1. The minimum absolute atomic E-state index is 0.627. The zero-order valence-corrected chi connectivity index (χ0v) is 13.8. The lowest BCUT2D eigenvalue weighted by Gasteiger charge is -2.05. The Balaban J connectivity index is 2.07. The summed E-state index contributed by atoms with van der Waals surface area (Å²) in [6.07, 6.45) is 0. The van der Waals surface area contributed by atoms with E-state index in [1.54, 1.807) is 6.07 Å². The van der Waals surface area contributed by atoms with Gasteiger partial charge in [-0.1, -0.05) is 11.6 Å². The molecule has 18 heavy (non-hydrogen) atoms. The van der Waals surface area contributed by atoms with E-state index in [0.717, 1.165) is 23.8 Å². The van der Waals surface area contributed by atoms with Crippen LogP contribution in [-0.2, 0) is 6.54 Å². The molecule has 0 saturated heterocycles. The molecule has 0 aliphatic rings. The second kappa shape index (κ2) is 6.07. The van der Waals surface area contributed by atoms with Crippen molar-refractivity contribution in [3.8, 4) is 6.07 Å². The van der Waals surface area contributed by atoms with E-state index in [-0.39, 0.29) is 0 Å². The van der Waals surface area contributed by atoms with Crippen LogP contribution in [0.4, 0.5) is 5.69 Å². The Morgan fingerprint density at radius 1 is 1.28 bits per heavy atom. The van der Waals surface area contributed by atoms with Gasteiger partial charge >= 0.3 is 0 Å². The summed E-state index contributed by atoms with van der Waals surface area (Å²) in [6.45, 7) is 0.703. The molecule has 0 spiro atoms. The summed E-state index contributed by atoms with van der Waals surface area (Å²) in [5.74, 6) is 0. The normalized spacial score (nSPS) is 10.1. The third-order valence-corrected chi connectivity index (χ3v) is 5.38. The molecule has 0 atom stereocenters. The molecule has 0 radical (unpaired) electrons. The summed E-state index contributed by atoms with van der Waals surface area (Å²) in [7, 11) is 0. The Morgan fingerprint density at radius 2 is 2.06 bits per heavy atom. The number of benzene rings is 1. The number of hydrogen-bond donors (Lipinski definition) is 1. The van der Waals surface area contributed by atoms with Gasteiger partial charge in [0.25, 0.3) is 0 Å². The molecule has 0 aliphatic carbocycles. The predicted molar refractivity (Wildman–Crippen MR) is 83.2 cm³/mol. The lowest BCUT2D eigenvalue weighted by Crippen LogP contribution is -1.97. The van der Waals surface area contributed by atoms with Crippen LogP contribution in [0.3, 0.4) is 0 Å². The van der Waals surface area contributed by atoms with Crippen LogP contribution in [-0.4, -0.2) is 0 Å². The Kier molecular flexibility index (Phi) is 4.68. The van der Waals surface area contributed by atoms with Gasteiger partial charge in [-0.2, -0.15) is 5.26 Å². The van der Waals surface area contributed by atoms with Gasteiger partial charge in [0.05, 0.1) is 5.56 Å². The highest BCUT2D eigenvalue weighted by atomic mass is 79.9. The third-order valence-electron chi connectivity index (χ3n) is 2.25. The smallest absolute Gasteiger partial charge is 0.107 e. The van der Waals surface area contributed by atoms with Crippen molar-refractivity contribution in [2.75, 3.05) is 5.32 Å². The van der Waals surface area contributed by atoms with Gasteiger partial charge in [0.15, 0.2) is 0 Å². The lowest BCUT2D eigenvalue weighted by molar-refractivity contribution is 1.19. The van der Waals surface area contributed by atoms with Crippen molar-refractivity contribution in [3.63, 3.8) is 0 Å². The second-order valence-electron chi connectivity index (χ2n) is 3.49. The molecule has 2 aromatic rings. The van der Waals surface area contributed by atoms with Crippen LogP contribution in [0.5, 0.6) is 0 Å². The highest BCUT2D eigenvalue weighted by molar-refractivity contribution is 9.10. The van der Waals surface area contributed by atoms with Crippen LogP contribution >= 0.6 is 54.8 Å². The molecule has 92 valence electrons. The first-order valence-corrected chi connectivity index (χ1v) is 7.75. The number of nitrogens with zero attached hydrogens (tertiary/aromatic N) is 1. The van der Waals surface area contributed by atoms with Crippen LogP contribution in [0, 0.1) is 11.3 Å². The molecule has 1 aromatic heterocycles. The molecule has 0 bridgehead atoms. The topological polar surface area (TPSA) is 35.8 Å². The van der Waals surface area contributed by atoms with Gasteiger partial charge in [-0.3, -0.25) is 0 Å². The monoisotopic (exact) mass is 404 g/mol. The first-order valence-electron chi connectivity index (χ1n) is 4.97. The van der Waals surface area contributed by atoms with Crippen molar-refractivity contribution >= 4 is 60.5 Å². The minimum Gasteiger partial charge on any atom is -0.380 e. The van der Waals surface area contributed by atoms with Crippen molar-refractivity contribution in [2.45, 2.75) is 6.54 Å². The maximum absolute atomic E-state index is 8.83. The fraction of sp³-hybridized carbons (Fsp3) is 0.0833. The summed E-state index contributed by atoms with van der Waals surface area (Å²) in [4.78, 5) is 1.15. The maximum atomic E-state index is 8.83. The molecule has 2 nitrogen and oxygen atoms in total. The van der Waals surface area contributed by atoms with Crippen molar-refractivity contribution < 1.29 is 0 Å². The average Bonchev–Trinajstić information content (AvgIpc) is 2.66. The molecule has 0 unspecified atom stereocenters. The molecule has 2 rings (SSSR count). The van der Waals surface area contributed by atoms with Gasteiger partial charge in [-0.25, -0.2) is 0 Å². The first kappa shape index (κ1) is 13.9. The molecule has 1 heterocycles. The van der Waals surface area contributed by atoms with Gasteiger partial charge in [0, 0.05) is 26.1 Å². The van der Waals surface area contributed by atoms with Crippen molar-refractivity contribution in [1.29, 1.82) is 5.26 Å². The highest BCUT2D eigenvalue weighted by Crippen LogP contribution is 2.32. The molecule has 0 fully saturated rings. The Bertz CT molecular complexity index is 600. The fourth-order valence-corrected chi connectivity index (χ4v) is 3.58. The van der Waals surface area contributed by atoms with Crippen molar-refractivity contribution in [1.82, 2.24) is 0 Å². The SMILES string of the molecule is N#Cc1ccc(NCc2cc(Br)c(Cl)s2)cc1Br. The zero-order valence-electron chi connectivity index (χ0n) is 9.01. The number of thiophene rings is 1. The first-order chi connectivity index (χ1) is 8.60. The number of hydrogen-bond acceptors (Lipinski definition) is 3. The van der Waals surface area contributed by atoms with Crippen molar-refractivity contribution in [2.24, 2.45) is 0 Å².